The first-order chi connectivity index (χ1) is 15.2. The van der Waals surface area contributed by atoms with E-state index in [-0.39, 0.29) is 30.9 Å². The van der Waals surface area contributed by atoms with E-state index in [2.05, 4.69) is 31.0 Å². The summed E-state index contributed by atoms with van der Waals surface area (Å²) in [5, 5.41) is 17.5. The minimum absolute atomic E-state index is 0.0432. The second-order valence-corrected chi connectivity index (χ2v) is 8.12. The molecule has 0 aliphatic rings. The first-order valence-corrected chi connectivity index (χ1v) is 10.7. The third kappa shape index (κ3) is 5.94. The molecule has 2 heterocycles. The number of hydrogen-bond donors (Lipinski definition) is 2. The van der Waals surface area contributed by atoms with Crippen molar-refractivity contribution in [1.29, 1.82) is 0 Å². The Balaban J connectivity index is 1.51. The fraction of sp³-hybridized carbons (Fsp3) is 0.350. The fourth-order valence-corrected chi connectivity index (χ4v) is 3.55. The molecule has 0 atom stereocenters. The Morgan fingerprint density at radius 3 is 2.72 bits per heavy atom. The number of nitrogens with one attached hydrogen (secondary N) is 2. The van der Waals surface area contributed by atoms with Gasteiger partial charge in [-0.05, 0) is 38.1 Å². The zero-order valence-electron chi connectivity index (χ0n) is 18.1. The van der Waals surface area contributed by atoms with Gasteiger partial charge in [0.15, 0.2) is 5.13 Å². The average molecular weight is 458 g/mol. The van der Waals surface area contributed by atoms with Crippen molar-refractivity contribution < 1.29 is 19.1 Å². The second-order valence-electron chi connectivity index (χ2n) is 7.12. The minimum atomic E-state index is -0.471. The number of aromatic nitrogens is 5. The molecule has 0 radical (unpaired) electrons. The average Bonchev–Trinajstić information content (AvgIpc) is 3.33. The fourth-order valence-electron chi connectivity index (χ4n) is 2.68. The maximum atomic E-state index is 12.4. The van der Waals surface area contributed by atoms with Crippen LogP contribution in [0.15, 0.2) is 24.3 Å². The van der Waals surface area contributed by atoms with Gasteiger partial charge < -0.3 is 15.4 Å². The predicted octanol–water partition coefficient (Wildman–Crippen LogP) is 1.97. The largest absolute Gasteiger partial charge is 0.459 e. The van der Waals surface area contributed by atoms with E-state index in [4.69, 9.17) is 4.74 Å². The predicted molar refractivity (Wildman–Crippen MR) is 117 cm³/mol. The lowest BCUT2D eigenvalue weighted by atomic mass is 10.1. The van der Waals surface area contributed by atoms with Crippen molar-refractivity contribution in [3.05, 3.63) is 40.4 Å². The summed E-state index contributed by atoms with van der Waals surface area (Å²) in [6.07, 6.45) is -0.204. The van der Waals surface area contributed by atoms with Crippen molar-refractivity contribution in [3.63, 3.8) is 0 Å². The maximum Gasteiger partial charge on any atom is 0.350 e. The van der Waals surface area contributed by atoms with E-state index in [0.29, 0.717) is 32.7 Å². The van der Waals surface area contributed by atoms with Crippen LogP contribution in [0.1, 0.15) is 46.0 Å². The maximum absolute atomic E-state index is 12.4. The van der Waals surface area contributed by atoms with Crippen molar-refractivity contribution >= 4 is 34.3 Å². The van der Waals surface area contributed by atoms with Gasteiger partial charge in [0.1, 0.15) is 4.88 Å². The normalized spacial score (nSPS) is 10.8. The number of benzene rings is 1. The number of nitrogens with zero attached hydrogens (tertiary/aromatic N) is 5. The number of ether oxygens (including phenoxy) is 1. The number of carbonyl (C=O) groups is 3. The lowest BCUT2D eigenvalue weighted by molar-refractivity contribution is -0.116. The van der Waals surface area contributed by atoms with Crippen molar-refractivity contribution in [2.45, 2.75) is 33.3 Å². The van der Waals surface area contributed by atoms with Crippen LogP contribution < -0.4 is 10.6 Å². The number of rotatable bonds is 8. The SMILES string of the molecule is Cc1nc(NC(=O)CCNC(=O)c2cccc(-c3nnn(C)n3)c2)sc1C(=O)OC(C)C. The van der Waals surface area contributed by atoms with Crippen LogP contribution in [-0.2, 0) is 16.6 Å². The van der Waals surface area contributed by atoms with Gasteiger partial charge in [0.2, 0.25) is 11.7 Å². The Morgan fingerprint density at radius 2 is 2.03 bits per heavy atom. The van der Waals surface area contributed by atoms with Gasteiger partial charge in [0.05, 0.1) is 18.8 Å². The highest BCUT2D eigenvalue weighted by molar-refractivity contribution is 7.17. The summed E-state index contributed by atoms with van der Waals surface area (Å²) in [5.74, 6) is -0.716. The van der Waals surface area contributed by atoms with Gasteiger partial charge in [-0.3, -0.25) is 9.59 Å². The summed E-state index contributed by atoms with van der Waals surface area (Å²) < 4.78 is 5.17. The summed E-state index contributed by atoms with van der Waals surface area (Å²) in [4.78, 5) is 42.5. The Kier molecular flexibility index (Phi) is 7.25. The molecule has 0 aliphatic carbocycles. The van der Waals surface area contributed by atoms with Crippen molar-refractivity contribution in [1.82, 2.24) is 30.5 Å². The summed E-state index contributed by atoms with van der Waals surface area (Å²) in [7, 11) is 1.66. The monoisotopic (exact) mass is 457 g/mol. The van der Waals surface area contributed by atoms with Crippen LogP contribution in [0.5, 0.6) is 0 Å². The summed E-state index contributed by atoms with van der Waals surface area (Å²) in [6, 6.07) is 6.82. The van der Waals surface area contributed by atoms with E-state index in [0.717, 1.165) is 11.3 Å². The Morgan fingerprint density at radius 1 is 1.25 bits per heavy atom. The highest BCUT2D eigenvalue weighted by Gasteiger charge is 2.19. The van der Waals surface area contributed by atoms with E-state index in [1.54, 1.807) is 52.1 Å². The van der Waals surface area contributed by atoms with Crippen LogP contribution in [0, 0.1) is 6.92 Å². The van der Waals surface area contributed by atoms with Crippen LogP contribution in [0.4, 0.5) is 5.13 Å². The van der Waals surface area contributed by atoms with E-state index >= 15 is 0 Å². The number of anilines is 1. The number of hydrogen-bond acceptors (Lipinski definition) is 9. The molecule has 0 saturated carbocycles. The van der Waals surface area contributed by atoms with Crippen LogP contribution >= 0.6 is 11.3 Å². The van der Waals surface area contributed by atoms with Gasteiger partial charge >= 0.3 is 5.97 Å². The first-order valence-electron chi connectivity index (χ1n) is 9.84. The zero-order chi connectivity index (χ0) is 23.3. The number of thiazole rings is 1. The van der Waals surface area contributed by atoms with Crippen LogP contribution in [-0.4, -0.2) is 55.6 Å². The van der Waals surface area contributed by atoms with E-state index in [9.17, 15) is 14.4 Å². The molecule has 11 nitrogen and oxygen atoms in total. The first kappa shape index (κ1) is 23.0. The summed E-state index contributed by atoms with van der Waals surface area (Å²) in [6.45, 7) is 5.32. The van der Waals surface area contributed by atoms with E-state index < -0.39 is 5.97 Å². The molecule has 0 bridgehead atoms. The number of tetrazole rings is 1. The third-order valence-electron chi connectivity index (χ3n) is 4.10. The Labute approximate surface area is 188 Å². The van der Waals surface area contributed by atoms with Gasteiger partial charge in [-0.2, -0.15) is 4.80 Å². The molecule has 0 saturated heterocycles. The number of aryl methyl sites for hydroxylation is 2. The molecule has 0 spiro atoms. The Hall–Kier alpha value is -3.67. The molecule has 168 valence electrons. The molecule has 3 rings (SSSR count). The summed E-state index contributed by atoms with van der Waals surface area (Å²) >= 11 is 1.05. The zero-order valence-corrected chi connectivity index (χ0v) is 18.9. The standard InChI is InChI=1S/C20H23N7O4S/c1-11(2)31-19(30)16-12(3)22-20(32-16)23-15(28)8-9-21-18(29)14-7-5-6-13(10-14)17-24-26-27(4)25-17/h5-7,10-11H,8-9H2,1-4H3,(H,21,29)(H,22,23,28). The molecule has 2 aromatic heterocycles. The molecule has 32 heavy (non-hydrogen) atoms. The van der Waals surface area contributed by atoms with Crippen molar-refractivity contribution in [2.24, 2.45) is 7.05 Å². The van der Waals surface area contributed by atoms with Gasteiger partial charge in [0, 0.05) is 24.1 Å². The van der Waals surface area contributed by atoms with E-state index in [1.807, 2.05) is 0 Å². The molecule has 1 aromatic carbocycles. The molecule has 2 amide bonds. The van der Waals surface area contributed by atoms with Crippen molar-refractivity contribution in [2.75, 3.05) is 11.9 Å². The van der Waals surface area contributed by atoms with Crippen molar-refractivity contribution in [3.8, 4) is 11.4 Å². The minimum Gasteiger partial charge on any atom is -0.459 e. The molecule has 12 heteroatoms. The Bertz CT molecular complexity index is 1140. The molecule has 2 N–H and O–H groups in total. The molecule has 0 unspecified atom stereocenters. The smallest absolute Gasteiger partial charge is 0.350 e. The number of carbonyl (C=O) groups excluding carboxylic acids is 3. The highest BCUT2D eigenvalue weighted by atomic mass is 32.1. The third-order valence-corrected chi connectivity index (χ3v) is 5.15. The van der Waals surface area contributed by atoms with Gasteiger partial charge in [-0.1, -0.05) is 23.5 Å². The molecular weight excluding hydrogens is 434 g/mol. The molecule has 0 fully saturated rings. The quantitative estimate of drug-likeness (QED) is 0.489. The van der Waals surface area contributed by atoms with Crippen LogP contribution in [0.2, 0.25) is 0 Å². The van der Waals surface area contributed by atoms with E-state index in [1.165, 1.54) is 4.80 Å². The lowest BCUT2D eigenvalue weighted by Gasteiger charge is -2.06. The van der Waals surface area contributed by atoms with Gasteiger partial charge in [-0.25, -0.2) is 9.78 Å². The molecule has 3 aromatic rings. The van der Waals surface area contributed by atoms with Crippen LogP contribution in [0.3, 0.4) is 0 Å². The second kappa shape index (κ2) is 10.1. The number of amides is 2. The lowest BCUT2D eigenvalue weighted by Crippen LogP contribution is -2.27. The van der Waals surface area contributed by atoms with Gasteiger partial charge in [-0.15, -0.1) is 10.2 Å². The van der Waals surface area contributed by atoms with Gasteiger partial charge in [0.25, 0.3) is 5.91 Å². The number of esters is 1. The molecule has 0 aliphatic heterocycles. The highest BCUT2D eigenvalue weighted by Crippen LogP contribution is 2.24. The topological polar surface area (TPSA) is 141 Å². The molecular formula is C20H23N7O4S. The summed E-state index contributed by atoms with van der Waals surface area (Å²) in [5.41, 5.74) is 1.57. The van der Waals surface area contributed by atoms with Crippen LogP contribution in [0.25, 0.3) is 11.4 Å².